The number of hydrogen-bond acceptors (Lipinski definition) is 5. The van der Waals surface area contributed by atoms with Crippen LogP contribution in [0.1, 0.15) is 19.4 Å². The molecule has 8 nitrogen and oxygen atoms in total. The van der Waals surface area contributed by atoms with Crippen molar-refractivity contribution in [3.05, 3.63) is 54.9 Å². The van der Waals surface area contributed by atoms with Crippen LogP contribution in [0, 0.1) is 5.41 Å². The fraction of sp³-hybridized carbons (Fsp3) is 0.176. The van der Waals surface area contributed by atoms with Crippen molar-refractivity contribution in [2.75, 3.05) is 0 Å². The average molecular weight is 380 g/mol. The van der Waals surface area contributed by atoms with Crippen LogP contribution in [0.3, 0.4) is 0 Å². The Morgan fingerprint density at radius 1 is 1.19 bits per heavy atom. The Kier molecular flexibility index (Phi) is 4.90. The van der Waals surface area contributed by atoms with Gasteiger partial charge in [-0.3, -0.25) is 14.4 Å². The summed E-state index contributed by atoms with van der Waals surface area (Å²) in [6.45, 7) is 2.25. The van der Waals surface area contributed by atoms with Crippen LogP contribution in [0.15, 0.2) is 33.4 Å². The smallest absolute Gasteiger partial charge is 0.332 e. The van der Waals surface area contributed by atoms with Gasteiger partial charge in [0.05, 0.1) is 22.1 Å². The first kappa shape index (κ1) is 19.2. The molecular formula is C17H14ClNO7. The lowest BCUT2D eigenvalue weighted by atomic mass is 9.83. The highest BCUT2D eigenvalue weighted by molar-refractivity contribution is 6.31. The van der Waals surface area contributed by atoms with Crippen molar-refractivity contribution in [2.24, 2.45) is 5.41 Å². The lowest BCUT2D eigenvalue weighted by Gasteiger charge is -2.19. The predicted octanol–water partition coefficient (Wildman–Crippen LogP) is 1.83. The Morgan fingerprint density at radius 2 is 1.81 bits per heavy atom. The molecule has 1 aromatic carbocycles. The van der Waals surface area contributed by atoms with Gasteiger partial charge in [0.25, 0.3) is 5.56 Å². The molecule has 0 bridgehead atoms. The molecule has 0 fully saturated rings. The number of aromatic hydroxyl groups is 1. The fourth-order valence-electron chi connectivity index (χ4n) is 2.28. The van der Waals surface area contributed by atoms with Crippen molar-refractivity contribution in [3.63, 3.8) is 0 Å². The number of carbonyl (C=O) groups is 2. The third-order valence-electron chi connectivity index (χ3n) is 3.92. The van der Waals surface area contributed by atoms with E-state index in [-0.39, 0.29) is 15.9 Å². The zero-order valence-corrected chi connectivity index (χ0v) is 14.4. The quantitative estimate of drug-likeness (QED) is 0.593. The molecule has 0 radical (unpaired) electrons. The van der Waals surface area contributed by atoms with E-state index >= 15 is 0 Å². The Bertz CT molecular complexity index is 1080. The number of rotatable bonds is 4. The van der Waals surface area contributed by atoms with E-state index in [9.17, 15) is 34.5 Å². The minimum absolute atomic E-state index is 0.0316. The van der Waals surface area contributed by atoms with Crippen LogP contribution in [-0.2, 0) is 9.59 Å². The van der Waals surface area contributed by atoms with Crippen molar-refractivity contribution < 1.29 is 24.9 Å². The maximum absolute atomic E-state index is 12.7. The number of carboxylic acid groups (broad SMARTS) is 2. The standard InChI is InChI=1S/C17H14ClNO7/c1-17(2,16(25)26)10(15(23)24)6-9-12(20)8-4-3-7(18)5-11(8)19-14(22)13(9)21/h3-6,21H,1-2H3,(H,19,22)(H,23,24)(H,25,26). The second kappa shape index (κ2) is 6.64. The minimum atomic E-state index is -1.88. The van der Waals surface area contributed by atoms with Crippen molar-refractivity contribution in [1.29, 1.82) is 0 Å². The number of nitrogens with one attached hydrogen (secondary N) is 1. The first-order valence-electron chi connectivity index (χ1n) is 7.24. The number of hydrogen-bond donors (Lipinski definition) is 4. The molecule has 1 aromatic heterocycles. The summed E-state index contributed by atoms with van der Waals surface area (Å²) >= 11 is 5.83. The normalized spacial score (nSPS) is 12.2. The van der Waals surface area contributed by atoms with Crippen molar-refractivity contribution >= 4 is 40.5 Å². The molecule has 26 heavy (non-hydrogen) atoms. The third-order valence-corrected chi connectivity index (χ3v) is 4.15. The highest BCUT2D eigenvalue weighted by atomic mass is 35.5. The lowest BCUT2D eigenvalue weighted by molar-refractivity contribution is -0.148. The predicted molar refractivity (Wildman–Crippen MR) is 94.5 cm³/mol. The van der Waals surface area contributed by atoms with Crippen molar-refractivity contribution in [1.82, 2.24) is 4.98 Å². The van der Waals surface area contributed by atoms with Gasteiger partial charge in [0, 0.05) is 10.4 Å². The molecular weight excluding hydrogens is 366 g/mol. The second-order valence-corrected chi connectivity index (χ2v) is 6.47. The molecule has 1 heterocycles. The summed E-state index contributed by atoms with van der Waals surface area (Å²) in [5.41, 5.74) is -5.06. The molecule has 0 amide bonds. The Balaban J connectivity index is 3.00. The summed E-state index contributed by atoms with van der Waals surface area (Å²) in [5.74, 6) is -4.09. The van der Waals surface area contributed by atoms with Gasteiger partial charge in [-0.2, -0.15) is 0 Å². The van der Waals surface area contributed by atoms with Crippen molar-refractivity contribution in [2.45, 2.75) is 13.8 Å². The number of aromatic amines is 1. The van der Waals surface area contributed by atoms with E-state index in [1.165, 1.54) is 18.2 Å². The van der Waals surface area contributed by atoms with Crippen LogP contribution in [0.25, 0.3) is 17.0 Å². The van der Waals surface area contributed by atoms with Crippen LogP contribution in [0.2, 0.25) is 5.02 Å². The van der Waals surface area contributed by atoms with Crippen LogP contribution in [-0.4, -0.2) is 32.2 Å². The summed E-state index contributed by atoms with van der Waals surface area (Å²) in [6.07, 6.45) is 0.706. The van der Waals surface area contributed by atoms with Gasteiger partial charge in [-0.05, 0) is 38.1 Å². The van der Waals surface area contributed by atoms with E-state index in [4.69, 9.17) is 11.6 Å². The monoisotopic (exact) mass is 379 g/mol. The van der Waals surface area contributed by atoms with Gasteiger partial charge in [-0.25, -0.2) is 4.79 Å². The van der Waals surface area contributed by atoms with Gasteiger partial charge in [-0.15, -0.1) is 0 Å². The van der Waals surface area contributed by atoms with Crippen LogP contribution < -0.4 is 11.0 Å². The second-order valence-electron chi connectivity index (χ2n) is 6.03. The summed E-state index contributed by atoms with van der Waals surface area (Å²) in [4.78, 5) is 50.0. The minimum Gasteiger partial charge on any atom is -0.503 e. The number of aliphatic carboxylic acids is 2. The van der Waals surface area contributed by atoms with Gasteiger partial charge in [0.1, 0.15) is 0 Å². The molecule has 2 aromatic rings. The molecule has 4 N–H and O–H groups in total. The first-order chi connectivity index (χ1) is 12.0. The van der Waals surface area contributed by atoms with Crippen molar-refractivity contribution in [3.8, 4) is 5.75 Å². The highest BCUT2D eigenvalue weighted by Gasteiger charge is 2.36. The molecule has 136 valence electrons. The van der Waals surface area contributed by atoms with Gasteiger partial charge in [0.2, 0.25) is 0 Å². The number of aromatic nitrogens is 1. The molecule has 0 aliphatic carbocycles. The summed E-state index contributed by atoms with van der Waals surface area (Å²) in [6, 6.07) is 3.98. The third kappa shape index (κ3) is 3.31. The molecule has 0 spiro atoms. The van der Waals surface area contributed by atoms with E-state index < -0.39 is 45.2 Å². The Labute approximate surface area is 151 Å². The van der Waals surface area contributed by atoms with Crippen LogP contribution in [0.4, 0.5) is 0 Å². The largest absolute Gasteiger partial charge is 0.503 e. The highest BCUT2D eigenvalue weighted by Crippen LogP contribution is 2.29. The molecule has 0 saturated carbocycles. The van der Waals surface area contributed by atoms with Crippen LogP contribution in [0.5, 0.6) is 5.75 Å². The summed E-state index contributed by atoms with van der Waals surface area (Å²) < 4.78 is 0. The Morgan fingerprint density at radius 3 is 2.35 bits per heavy atom. The SMILES string of the molecule is CC(C)(C(=O)O)C(=Cc1c(O)c(=O)[nH]c2cc(Cl)ccc2c1=O)C(=O)O. The van der Waals surface area contributed by atoms with Gasteiger partial charge in [-0.1, -0.05) is 11.6 Å². The maximum atomic E-state index is 12.7. The molecule has 0 unspecified atom stereocenters. The number of benzene rings is 1. The first-order valence-corrected chi connectivity index (χ1v) is 7.62. The number of halogens is 1. The zero-order chi connectivity index (χ0) is 19.8. The molecule has 0 saturated heterocycles. The number of carboxylic acids is 2. The van der Waals surface area contributed by atoms with Gasteiger partial charge in [0.15, 0.2) is 11.2 Å². The lowest BCUT2D eigenvalue weighted by Crippen LogP contribution is -2.30. The van der Waals surface area contributed by atoms with E-state index in [1.807, 2.05) is 0 Å². The summed E-state index contributed by atoms with van der Waals surface area (Å²) in [5, 5.41) is 28.9. The Hall–Kier alpha value is -3.13. The molecule has 9 heteroatoms. The van der Waals surface area contributed by atoms with E-state index in [2.05, 4.69) is 4.98 Å². The maximum Gasteiger partial charge on any atom is 0.332 e. The van der Waals surface area contributed by atoms with Crippen LogP contribution >= 0.6 is 11.6 Å². The number of fused-ring (bicyclic) bond motifs is 1. The average Bonchev–Trinajstić information content (AvgIpc) is 2.61. The zero-order valence-electron chi connectivity index (χ0n) is 13.7. The number of H-pyrrole nitrogens is 1. The van der Waals surface area contributed by atoms with Gasteiger partial charge >= 0.3 is 11.9 Å². The fourth-order valence-corrected chi connectivity index (χ4v) is 2.45. The van der Waals surface area contributed by atoms with E-state index in [0.717, 1.165) is 13.8 Å². The van der Waals surface area contributed by atoms with E-state index in [1.54, 1.807) is 0 Å². The molecule has 0 aliphatic heterocycles. The molecule has 2 rings (SSSR count). The van der Waals surface area contributed by atoms with Gasteiger partial charge < -0.3 is 20.3 Å². The summed E-state index contributed by atoms with van der Waals surface area (Å²) in [7, 11) is 0. The molecule has 0 aliphatic rings. The molecule has 0 atom stereocenters. The van der Waals surface area contributed by atoms with E-state index in [0.29, 0.717) is 6.08 Å². The topological polar surface area (TPSA) is 145 Å².